The Balaban J connectivity index is 1.51. The number of nitrogens with zero attached hydrogens (tertiary/aromatic N) is 1. The first-order valence-corrected chi connectivity index (χ1v) is 8.98. The Morgan fingerprint density at radius 2 is 1.70 bits per heavy atom. The van der Waals surface area contributed by atoms with Gasteiger partial charge in [-0.05, 0) is 36.8 Å². The van der Waals surface area contributed by atoms with Crippen LogP contribution in [-0.2, 0) is 20.9 Å². The molecule has 6 nitrogen and oxygen atoms in total. The molecule has 0 spiro atoms. The van der Waals surface area contributed by atoms with Crippen LogP contribution in [0.5, 0.6) is 5.75 Å². The topological polar surface area (TPSA) is 65.1 Å². The van der Waals surface area contributed by atoms with Gasteiger partial charge in [-0.2, -0.15) is 0 Å². The van der Waals surface area contributed by atoms with Gasteiger partial charge in [0.2, 0.25) is 0 Å². The predicted molar refractivity (Wildman–Crippen MR) is 99.5 cm³/mol. The van der Waals surface area contributed by atoms with Crippen molar-refractivity contribution in [2.75, 3.05) is 26.3 Å². The fourth-order valence-electron chi connectivity index (χ4n) is 2.75. The van der Waals surface area contributed by atoms with Gasteiger partial charge in [-0.1, -0.05) is 30.3 Å². The molecule has 1 aliphatic heterocycles. The number of rotatable bonds is 6. The zero-order valence-electron chi connectivity index (χ0n) is 15.3. The van der Waals surface area contributed by atoms with E-state index >= 15 is 0 Å². The van der Waals surface area contributed by atoms with Gasteiger partial charge in [-0.15, -0.1) is 0 Å². The molecule has 0 N–H and O–H groups in total. The fourth-order valence-corrected chi connectivity index (χ4v) is 2.75. The smallest absolute Gasteiger partial charge is 0.338 e. The number of ether oxygens (including phenoxy) is 3. The highest BCUT2D eigenvalue weighted by atomic mass is 16.5. The third-order valence-electron chi connectivity index (χ3n) is 4.29. The van der Waals surface area contributed by atoms with E-state index in [2.05, 4.69) is 0 Å². The number of benzene rings is 2. The van der Waals surface area contributed by atoms with Gasteiger partial charge in [0, 0.05) is 13.1 Å². The molecule has 0 saturated carbocycles. The van der Waals surface area contributed by atoms with Crippen LogP contribution in [0, 0.1) is 0 Å². The molecular formula is C21H23NO5. The van der Waals surface area contributed by atoms with E-state index in [1.807, 2.05) is 30.3 Å². The minimum Gasteiger partial charge on any atom is -0.489 e. The fraction of sp³-hybridized carbons (Fsp3) is 0.333. The highest BCUT2D eigenvalue weighted by molar-refractivity contribution is 5.92. The molecule has 1 atom stereocenters. The van der Waals surface area contributed by atoms with E-state index in [9.17, 15) is 9.59 Å². The van der Waals surface area contributed by atoms with Crippen LogP contribution in [0.1, 0.15) is 22.8 Å². The van der Waals surface area contributed by atoms with Gasteiger partial charge in [-0.25, -0.2) is 4.79 Å². The molecule has 142 valence electrons. The average Bonchev–Trinajstić information content (AvgIpc) is 2.73. The van der Waals surface area contributed by atoms with Gasteiger partial charge in [0.25, 0.3) is 5.91 Å². The standard InChI is InChI=1S/C21H23NO5/c1-16(20(23)22-11-13-25-14-12-22)27-21(24)18-7-9-19(10-8-18)26-15-17-5-3-2-4-6-17/h2-10,16H,11-15H2,1H3. The van der Waals surface area contributed by atoms with Crippen molar-refractivity contribution in [3.8, 4) is 5.75 Å². The molecule has 0 aromatic heterocycles. The number of carbonyl (C=O) groups excluding carboxylic acids is 2. The number of hydrogen-bond acceptors (Lipinski definition) is 5. The molecule has 0 aliphatic carbocycles. The van der Waals surface area contributed by atoms with Crippen molar-refractivity contribution in [1.29, 1.82) is 0 Å². The monoisotopic (exact) mass is 369 g/mol. The molecule has 0 bridgehead atoms. The summed E-state index contributed by atoms with van der Waals surface area (Å²) in [5.41, 5.74) is 1.44. The van der Waals surface area contributed by atoms with Crippen LogP contribution in [0.3, 0.4) is 0 Å². The molecule has 3 rings (SSSR count). The highest BCUT2D eigenvalue weighted by Gasteiger charge is 2.25. The third kappa shape index (κ3) is 5.31. The van der Waals surface area contributed by atoms with E-state index in [-0.39, 0.29) is 5.91 Å². The van der Waals surface area contributed by atoms with Crippen LogP contribution >= 0.6 is 0 Å². The predicted octanol–water partition coefficient (Wildman–Crippen LogP) is 2.67. The van der Waals surface area contributed by atoms with Gasteiger partial charge < -0.3 is 19.1 Å². The normalized spacial score (nSPS) is 15.1. The van der Waals surface area contributed by atoms with E-state index in [1.54, 1.807) is 36.1 Å². The van der Waals surface area contributed by atoms with Gasteiger partial charge in [0.1, 0.15) is 12.4 Å². The van der Waals surface area contributed by atoms with Gasteiger partial charge in [0.15, 0.2) is 6.10 Å². The summed E-state index contributed by atoms with van der Waals surface area (Å²) in [5, 5.41) is 0. The minimum atomic E-state index is -0.829. The molecule has 1 amide bonds. The molecule has 0 radical (unpaired) electrons. The summed E-state index contributed by atoms with van der Waals surface area (Å²) >= 11 is 0. The van der Waals surface area contributed by atoms with Gasteiger partial charge >= 0.3 is 5.97 Å². The van der Waals surface area contributed by atoms with Crippen LogP contribution in [0.25, 0.3) is 0 Å². The Bertz CT molecular complexity index is 754. The number of amides is 1. The Morgan fingerprint density at radius 1 is 1.04 bits per heavy atom. The first kappa shape index (κ1) is 18.9. The Labute approximate surface area is 158 Å². The second-order valence-corrected chi connectivity index (χ2v) is 6.28. The molecular weight excluding hydrogens is 346 g/mol. The third-order valence-corrected chi connectivity index (χ3v) is 4.29. The first-order valence-electron chi connectivity index (χ1n) is 8.98. The summed E-state index contributed by atoms with van der Waals surface area (Å²) in [5.74, 6) is -0.0685. The number of morpholine rings is 1. The zero-order valence-corrected chi connectivity index (χ0v) is 15.3. The number of esters is 1. The molecule has 27 heavy (non-hydrogen) atoms. The summed E-state index contributed by atoms with van der Waals surface area (Å²) in [6.07, 6.45) is -0.829. The highest BCUT2D eigenvalue weighted by Crippen LogP contribution is 2.16. The maximum Gasteiger partial charge on any atom is 0.338 e. The summed E-state index contributed by atoms with van der Waals surface area (Å²) in [6, 6.07) is 16.5. The van der Waals surface area contributed by atoms with Gasteiger partial charge in [0.05, 0.1) is 18.8 Å². The summed E-state index contributed by atoms with van der Waals surface area (Å²) in [4.78, 5) is 26.2. The second-order valence-electron chi connectivity index (χ2n) is 6.28. The van der Waals surface area contributed by atoms with E-state index in [4.69, 9.17) is 14.2 Å². The van der Waals surface area contributed by atoms with Crippen molar-refractivity contribution in [3.05, 3.63) is 65.7 Å². The van der Waals surface area contributed by atoms with Crippen LogP contribution in [0.4, 0.5) is 0 Å². The zero-order chi connectivity index (χ0) is 19.1. The molecule has 6 heteroatoms. The molecule has 1 saturated heterocycles. The largest absolute Gasteiger partial charge is 0.489 e. The van der Waals surface area contributed by atoms with Crippen LogP contribution in [0.15, 0.2) is 54.6 Å². The van der Waals surface area contributed by atoms with Crippen LogP contribution < -0.4 is 4.74 Å². The molecule has 1 aliphatic rings. The number of carbonyl (C=O) groups is 2. The maximum absolute atomic E-state index is 12.3. The van der Waals surface area contributed by atoms with Crippen molar-refractivity contribution in [1.82, 2.24) is 4.90 Å². The van der Waals surface area contributed by atoms with Crippen molar-refractivity contribution in [3.63, 3.8) is 0 Å². The van der Waals surface area contributed by atoms with Gasteiger partial charge in [-0.3, -0.25) is 4.79 Å². The van der Waals surface area contributed by atoms with Crippen molar-refractivity contribution in [2.45, 2.75) is 19.6 Å². The van der Waals surface area contributed by atoms with Crippen LogP contribution in [0.2, 0.25) is 0 Å². The summed E-state index contributed by atoms with van der Waals surface area (Å²) in [7, 11) is 0. The second kappa shape index (κ2) is 9.19. The molecule has 1 unspecified atom stereocenters. The molecule has 2 aromatic rings. The van der Waals surface area contributed by atoms with Crippen molar-refractivity contribution >= 4 is 11.9 Å². The minimum absolute atomic E-state index is 0.200. The number of hydrogen-bond donors (Lipinski definition) is 0. The molecule has 2 aromatic carbocycles. The maximum atomic E-state index is 12.3. The Hall–Kier alpha value is -2.86. The summed E-state index contributed by atoms with van der Waals surface area (Å²) in [6.45, 7) is 4.11. The quantitative estimate of drug-likeness (QED) is 0.733. The Morgan fingerprint density at radius 3 is 2.37 bits per heavy atom. The van der Waals surface area contributed by atoms with Crippen molar-refractivity contribution in [2.24, 2.45) is 0 Å². The summed E-state index contributed by atoms with van der Waals surface area (Å²) < 4.78 is 16.2. The van der Waals surface area contributed by atoms with Crippen molar-refractivity contribution < 1.29 is 23.8 Å². The first-order chi connectivity index (χ1) is 13.1. The lowest BCUT2D eigenvalue weighted by molar-refractivity contribution is -0.143. The molecule has 1 fully saturated rings. The lowest BCUT2D eigenvalue weighted by Gasteiger charge is -2.28. The lowest BCUT2D eigenvalue weighted by Crippen LogP contribution is -2.46. The SMILES string of the molecule is CC(OC(=O)c1ccc(OCc2ccccc2)cc1)C(=O)N1CCOCC1. The van der Waals surface area contributed by atoms with E-state index in [0.29, 0.717) is 44.2 Å². The van der Waals surface area contributed by atoms with Crippen LogP contribution in [-0.4, -0.2) is 49.2 Å². The van der Waals surface area contributed by atoms with E-state index in [1.165, 1.54) is 0 Å². The van der Waals surface area contributed by atoms with E-state index in [0.717, 1.165) is 5.56 Å². The molecule has 1 heterocycles. The average molecular weight is 369 g/mol. The van der Waals surface area contributed by atoms with E-state index < -0.39 is 12.1 Å². The lowest BCUT2D eigenvalue weighted by atomic mass is 10.2. The Kier molecular flexibility index (Phi) is 6.44.